The topological polar surface area (TPSA) is 41.5 Å². The second-order valence-electron chi connectivity index (χ2n) is 7.29. The van der Waals surface area contributed by atoms with E-state index in [4.69, 9.17) is 4.74 Å². The number of ether oxygens (including phenoxy) is 1. The van der Waals surface area contributed by atoms with Gasteiger partial charge in [-0.2, -0.15) is 0 Å². The molecule has 0 aromatic heterocycles. The van der Waals surface area contributed by atoms with E-state index in [2.05, 4.69) is 55.6 Å². The van der Waals surface area contributed by atoms with E-state index in [1.807, 2.05) is 42.5 Å². The summed E-state index contributed by atoms with van der Waals surface area (Å²) in [5.74, 6) is 1.86. The second kappa shape index (κ2) is 10.1. The molecule has 0 radical (unpaired) electrons. The van der Waals surface area contributed by atoms with Crippen molar-refractivity contribution >= 4 is 0 Å². The average molecular weight is 376 g/mol. The molecule has 2 unspecified atom stereocenters. The van der Waals surface area contributed by atoms with Crippen molar-refractivity contribution in [2.24, 2.45) is 5.92 Å². The Kier molecular flexibility index (Phi) is 7.24. The first kappa shape index (κ1) is 20.1. The third-order valence-corrected chi connectivity index (χ3v) is 5.10. The third kappa shape index (κ3) is 5.69. The molecule has 3 aromatic rings. The summed E-state index contributed by atoms with van der Waals surface area (Å²) in [6, 6.07) is 26.6. The summed E-state index contributed by atoms with van der Waals surface area (Å²) >= 11 is 0. The fourth-order valence-corrected chi connectivity index (χ4v) is 3.26. The van der Waals surface area contributed by atoms with Gasteiger partial charge >= 0.3 is 0 Å². The lowest BCUT2D eigenvalue weighted by Crippen LogP contribution is -2.29. The van der Waals surface area contributed by atoms with E-state index in [-0.39, 0.29) is 18.6 Å². The Morgan fingerprint density at radius 3 is 2.18 bits per heavy atom. The van der Waals surface area contributed by atoms with Gasteiger partial charge in [0.2, 0.25) is 0 Å². The monoisotopic (exact) mass is 375 g/mol. The Morgan fingerprint density at radius 1 is 0.857 bits per heavy atom. The number of hydrogen-bond donors (Lipinski definition) is 2. The molecule has 3 heteroatoms. The van der Waals surface area contributed by atoms with E-state index in [1.165, 1.54) is 16.7 Å². The van der Waals surface area contributed by atoms with Crippen molar-refractivity contribution in [3.63, 3.8) is 0 Å². The van der Waals surface area contributed by atoms with Crippen LogP contribution in [0.15, 0.2) is 78.9 Å². The van der Waals surface area contributed by atoms with Crippen LogP contribution in [0, 0.1) is 12.8 Å². The fraction of sp³-hybridized carbons (Fsp3) is 0.280. The lowest BCUT2D eigenvalue weighted by Gasteiger charge is -2.20. The molecule has 0 fully saturated rings. The molecule has 0 aliphatic carbocycles. The maximum Gasteiger partial charge on any atom is 0.127 e. The van der Waals surface area contributed by atoms with Crippen LogP contribution in [0.3, 0.4) is 0 Å². The number of aryl methyl sites for hydroxylation is 1. The molecule has 0 saturated heterocycles. The SMILES string of the molecule is Cc1ccccc1CC(CO)CNC(C)c1ccc(Oc2ccccc2)cc1. The number of benzene rings is 3. The zero-order valence-corrected chi connectivity index (χ0v) is 16.6. The van der Waals surface area contributed by atoms with Crippen LogP contribution in [0.4, 0.5) is 0 Å². The van der Waals surface area contributed by atoms with Crippen molar-refractivity contribution in [1.29, 1.82) is 0 Å². The highest BCUT2D eigenvalue weighted by Gasteiger charge is 2.13. The number of aliphatic hydroxyl groups excluding tert-OH is 1. The van der Waals surface area contributed by atoms with E-state index in [1.54, 1.807) is 0 Å². The van der Waals surface area contributed by atoms with Gasteiger partial charge in [0.1, 0.15) is 11.5 Å². The van der Waals surface area contributed by atoms with Crippen LogP contribution in [0.2, 0.25) is 0 Å². The van der Waals surface area contributed by atoms with Crippen LogP contribution >= 0.6 is 0 Å². The molecule has 0 heterocycles. The first-order chi connectivity index (χ1) is 13.7. The Hall–Kier alpha value is -2.62. The van der Waals surface area contributed by atoms with Gasteiger partial charge in [-0.05, 0) is 67.1 Å². The molecule has 2 atom stereocenters. The van der Waals surface area contributed by atoms with E-state index in [0.29, 0.717) is 0 Å². The van der Waals surface area contributed by atoms with Gasteiger partial charge < -0.3 is 15.2 Å². The van der Waals surface area contributed by atoms with Gasteiger partial charge in [0, 0.05) is 19.2 Å². The molecule has 3 nitrogen and oxygen atoms in total. The Labute approximate surface area is 168 Å². The number of hydrogen-bond acceptors (Lipinski definition) is 3. The average Bonchev–Trinajstić information content (AvgIpc) is 2.73. The van der Waals surface area contributed by atoms with Gasteiger partial charge in [-0.3, -0.25) is 0 Å². The minimum absolute atomic E-state index is 0.178. The van der Waals surface area contributed by atoms with Crippen molar-refractivity contribution in [3.05, 3.63) is 95.6 Å². The van der Waals surface area contributed by atoms with Gasteiger partial charge in [-0.15, -0.1) is 0 Å². The molecule has 3 aromatic carbocycles. The maximum absolute atomic E-state index is 9.78. The number of rotatable bonds is 9. The molecule has 28 heavy (non-hydrogen) atoms. The molecule has 3 rings (SSSR count). The maximum atomic E-state index is 9.78. The first-order valence-electron chi connectivity index (χ1n) is 9.87. The number of aliphatic hydroxyl groups is 1. The predicted octanol–water partition coefficient (Wildman–Crippen LogP) is 5.29. The van der Waals surface area contributed by atoms with Crippen molar-refractivity contribution in [1.82, 2.24) is 5.32 Å². The van der Waals surface area contributed by atoms with Crippen LogP contribution in [-0.4, -0.2) is 18.3 Å². The Balaban J connectivity index is 1.53. The molecule has 0 saturated carbocycles. The van der Waals surface area contributed by atoms with Crippen molar-refractivity contribution in [3.8, 4) is 11.5 Å². The molecule has 146 valence electrons. The highest BCUT2D eigenvalue weighted by atomic mass is 16.5. The van der Waals surface area contributed by atoms with E-state index in [0.717, 1.165) is 24.5 Å². The Morgan fingerprint density at radius 2 is 1.50 bits per heavy atom. The van der Waals surface area contributed by atoms with Gasteiger partial charge in [0.15, 0.2) is 0 Å². The lowest BCUT2D eigenvalue weighted by molar-refractivity contribution is 0.218. The summed E-state index contributed by atoms with van der Waals surface area (Å²) in [6.07, 6.45) is 0.882. The highest BCUT2D eigenvalue weighted by Crippen LogP contribution is 2.23. The minimum atomic E-state index is 0.178. The molecule has 0 aliphatic rings. The van der Waals surface area contributed by atoms with Gasteiger partial charge in [-0.1, -0.05) is 54.6 Å². The summed E-state index contributed by atoms with van der Waals surface area (Å²) in [5, 5.41) is 13.3. The lowest BCUT2D eigenvalue weighted by atomic mass is 9.96. The smallest absolute Gasteiger partial charge is 0.127 e. The van der Waals surface area contributed by atoms with Crippen molar-refractivity contribution in [2.45, 2.75) is 26.3 Å². The largest absolute Gasteiger partial charge is 0.457 e. The number of para-hydroxylation sites is 1. The van der Waals surface area contributed by atoms with Crippen LogP contribution in [-0.2, 0) is 6.42 Å². The molecular weight excluding hydrogens is 346 g/mol. The van der Waals surface area contributed by atoms with E-state index >= 15 is 0 Å². The summed E-state index contributed by atoms with van der Waals surface area (Å²) in [6.45, 7) is 5.22. The van der Waals surface area contributed by atoms with Gasteiger partial charge in [-0.25, -0.2) is 0 Å². The van der Waals surface area contributed by atoms with Crippen LogP contribution < -0.4 is 10.1 Å². The molecular formula is C25H29NO2. The summed E-state index contributed by atoms with van der Waals surface area (Å²) in [7, 11) is 0. The standard InChI is InChI=1S/C25H29NO2/c1-19-8-6-7-9-23(19)16-21(18-27)17-26-20(2)22-12-14-25(15-13-22)28-24-10-4-3-5-11-24/h3-15,20-21,26-27H,16-18H2,1-2H3. The zero-order valence-electron chi connectivity index (χ0n) is 16.6. The minimum Gasteiger partial charge on any atom is -0.457 e. The van der Waals surface area contributed by atoms with Gasteiger partial charge in [0.05, 0.1) is 0 Å². The van der Waals surface area contributed by atoms with Gasteiger partial charge in [0.25, 0.3) is 0 Å². The van der Waals surface area contributed by atoms with E-state index < -0.39 is 0 Å². The second-order valence-corrected chi connectivity index (χ2v) is 7.29. The molecule has 0 spiro atoms. The van der Waals surface area contributed by atoms with Crippen LogP contribution in [0.5, 0.6) is 11.5 Å². The Bertz CT molecular complexity index is 846. The van der Waals surface area contributed by atoms with E-state index in [9.17, 15) is 5.11 Å². The molecule has 2 N–H and O–H groups in total. The summed E-state index contributed by atoms with van der Waals surface area (Å²) in [4.78, 5) is 0. The molecule has 0 amide bonds. The van der Waals surface area contributed by atoms with Crippen molar-refractivity contribution < 1.29 is 9.84 Å². The summed E-state index contributed by atoms with van der Waals surface area (Å²) < 4.78 is 5.85. The normalized spacial score (nSPS) is 13.1. The molecule has 0 bridgehead atoms. The summed E-state index contributed by atoms with van der Waals surface area (Å²) in [5.41, 5.74) is 3.79. The molecule has 0 aliphatic heterocycles. The quantitative estimate of drug-likeness (QED) is 0.534. The van der Waals surface area contributed by atoms with Crippen molar-refractivity contribution in [2.75, 3.05) is 13.2 Å². The van der Waals surface area contributed by atoms with Crippen LogP contribution in [0.1, 0.15) is 29.7 Å². The van der Waals surface area contributed by atoms with Crippen LogP contribution in [0.25, 0.3) is 0 Å². The zero-order chi connectivity index (χ0) is 19.8. The number of nitrogens with one attached hydrogen (secondary N) is 1. The highest BCUT2D eigenvalue weighted by molar-refractivity contribution is 5.33. The predicted molar refractivity (Wildman–Crippen MR) is 115 cm³/mol. The fourth-order valence-electron chi connectivity index (χ4n) is 3.26. The third-order valence-electron chi connectivity index (χ3n) is 5.10. The first-order valence-corrected chi connectivity index (χ1v) is 9.87.